The summed E-state index contributed by atoms with van der Waals surface area (Å²) >= 11 is 0. The standard InChI is InChI=1S/C17H23N3O5/c1-6(2)25-16-12-15(19(12)4)17(24)8(5-21)9-11(20(16)17)13(22)7(3)10(18)14(9)23/h6,8,12,15-16,21,24H,5,18H2,1-4H3/t8-,12+,15-,16-,17+,19?/m0/s1. The molecule has 4 aliphatic rings. The van der Waals surface area contributed by atoms with E-state index in [1.165, 1.54) is 11.8 Å². The van der Waals surface area contributed by atoms with Crippen molar-refractivity contribution in [3.05, 3.63) is 22.5 Å². The molecule has 6 atom stereocenters. The maximum Gasteiger partial charge on any atom is 0.207 e. The first-order valence-corrected chi connectivity index (χ1v) is 8.47. The van der Waals surface area contributed by atoms with Gasteiger partial charge in [-0.3, -0.25) is 14.5 Å². The van der Waals surface area contributed by atoms with Crippen molar-refractivity contribution in [1.82, 2.24) is 9.80 Å². The quantitative estimate of drug-likeness (QED) is 0.425. The predicted molar refractivity (Wildman–Crippen MR) is 86.6 cm³/mol. The number of piperazine rings is 1. The molecule has 0 radical (unpaired) electrons. The number of Topliss-reactive ketones (excluding diaryl/α,β-unsaturated/α-hetero) is 2. The number of fused-ring (bicyclic) bond motifs is 4. The average molecular weight is 349 g/mol. The second kappa shape index (κ2) is 4.91. The van der Waals surface area contributed by atoms with Gasteiger partial charge in [-0.15, -0.1) is 0 Å². The van der Waals surface area contributed by atoms with E-state index in [9.17, 15) is 19.8 Å². The molecular formula is C17H23N3O5. The molecule has 0 amide bonds. The molecule has 1 aliphatic carbocycles. The SMILES string of the molecule is CC1=C(N)C(=O)C2=C(C1=O)N1[C@@H](OC(C)C)[C@H]3[C@H](N3C)[C@]1(O)[C@H]2CO. The minimum atomic E-state index is -1.56. The van der Waals surface area contributed by atoms with E-state index in [0.717, 1.165) is 0 Å². The summed E-state index contributed by atoms with van der Waals surface area (Å²) in [5.41, 5.74) is 4.54. The lowest BCUT2D eigenvalue weighted by molar-refractivity contribution is -0.182. The molecule has 0 spiro atoms. The number of hydrogen-bond acceptors (Lipinski definition) is 8. The fourth-order valence-electron chi connectivity index (χ4n) is 4.72. The second-order valence-electron chi connectivity index (χ2n) is 7.52. The number of allylic oxidation sites excluding steroid dienone is 2. The summed E-state index contributed by atoms with van der Waals surface area (Å²) in [7, 11) is 1.86. The van der Waals surface area contributed by atoms with Gasteiger partial charge in [-0.25, -0.2) is 0 Å². The zero-order valence-corrected chi connectivity index (χ0v) is 14.7. The summed E-state index contributed by atoms with van der Waals surface area (Å²) < 4.78 is 6.00. The molecule has 4 N–H and O–H groups in total. The van der Waals surface area contributed by atoms with Crippen LogP contribution in [0.15, 0.2) is 22.5 Å². The molecule has 3 aliphatic heterocycles. The van der Waals surface area contributed by atoms with Gasteiger partial charge in [0.05, 0.1) is 42.1 Å². The lowest BCUT2D eigenvalue weighted by Gasteiger charge is -2.41. The third-order valence-corrected chi connectivity index (χ3v) is 5.91. The summed E-state index contributed by atoms with van der Waals surface area (Å²) in [5, 5.41) is 21.5. The molecule has 0 aromatic rings. The monoisotopic (exact) mass is 349 g/mol. The summed E-state index contributed by atoms with van der Waals surface area (Å²) in [6.45, 7) is 4.80. The Morgan fingerprint density at radius 1 is 1.32 bits per heavy atom. The zero-order valence-electron chi connectivity index (χ0n) is 14.7. The molecule has 0 bridgehead atoms. The van der Waals surface area contributed by atoms with Crippen LogP contribution >= 0.6 is 0 Å². The van der Waals surface area contributed by atoms with Gasteiger partial charge < -0.3 is 25.6 Å². The Balaban J connectivity index is 1.89. The molecule has 2 fully saturated rings. The van der Waals surface area contributed by atoms with Crippen molar-refractivity contribution in [2.45, 2.75) is 50.9 Å². The molecule has 25 heavy (non-hydrogen) atoms. The first-order valence-electron chi connectivity index (χ1n) is 8.47. The van der Waals surface area contributed by atoms with Gasteiger partial charge in [0.15, 0.2) is 5.72 Å². The van der Waals surface area contributed by atoms with Crippen LogP contribution in [0.3, 0.4) is 0 Å². The van der Waals surface area contributed by atoms with Crippen molar-refractivity contribution in [1.29, 1.82) is 0 Å². The van der Waals surface area contributed by atoms with Gasteiger partial charge in [0.25, 0.3) is 0 Å². The van der Waals surface area contributed by atoms with E-state index in [1.54, 1.807) is 0 Å². The molecule has 8 heteroatoms. The van der Waals surface area contributed by atoms with E-state index < -0.39 is 30.3 Å². The highest BCUT2D eigenvalue weighted by molar-refractivity contribution is 6.25. The van der Waals surface area contributed by atoms with Gasteiger partial charge in [-0.1, -0.05) is 0 Å². The van der Waals surface area contributed by atoms with Crippen molar-refractivity contribution in [3.63, 3.8) is 0 Å². The van der Waals surface area contributed by atoms with E-state index in [2.05, 4.69) is 0 Å². The summed E-state index contributed by atoms with van der Waals surface area (Å²) in [4.78, 5) is 29.1. The van der Waals surface area contributed by atoms with Gasteiger partial charge in [-0.05, 0) is 27.8 Å². The number of nitrogens with two attached hydrogens (primary N) is 1. The van der Waals surface area contributed by atoms with Crippen LogP contribution in [0.2, 0.25) is 0 Å². The molecule has 3 heterocycles. The first-order chi connectivity index (χ1) is 11.7. The number of carbonyl (C=O) groups is 2. The van der Waals surface area contributed by atoms with E-state index in [4.69, 9.17) is 10.5 Å². The van der Waals surface area contributed by atoms with Gasteiger partial charge in [0.1, 0.15) is 6.23 Å². The minimum Gasteiger partial charge on any atom is -0.396 e. The van der Waals surface area contributed by atoms with E-state index in [0.29, 0.717) is 0 Å². The highest BCUT2D eigenvalue weighted by Crippen LogP contribution is 2.60. The fourth-order valence-corrected chi connectivity index (χ4v) is 4.72. The predicted octanol–water partition coefficient (Wildman–Crippen LogP) is -1.31. The maximum atomic E-state index is 12.9. The van der Waals surface area contributed by atoms with Gasteiger partial charge in [0, 0.05) is 11.1 Å². The van der Waals surface area contributed by atoms with Crippen LogP contribution in [0.5, 0.6) is 0 Å². The number of hydrogen-bond donors (Lipinski definition) is 3. The van der Waals surface area contributed by atoms with Gasteiger partial charge in [-0.2, -0.15) is 0 Å². The Bertz CT molecular complexity index is 757. The van der Waals surface area contributed by atoms with Crippen molar-refractivity contribution in [3.8, 4) is 0 Å². The highest BCUT2D eigenvalue weighted by Gasteiger charge is 2.78. The number of carbonyl (C=O) groups excluding carboxylic acids is 2. The van der Waals surface area contributed by atoms with E-state index >= 15 is 0 Å². The third-order valence-electron chi connectivity index (χ3n) is 5.91. The van der Waals surface area contributed by atoms with Crippen LogP contribution in [-0.4, -0.2) is 75.4 Å². The molecule has 2 saturated heterocycles. The van der Waals surface area contributed by atoms with Crippen molar-refractivity contribution < 1.29 is 24.5 Å². The molecule has 4 rings (SSSR count). The normalized spacial score (nSPS) is 42.4. The Morgan fingerprint density at radius 2 is 1.96 bits per heavy atom. The second-order valence-corrected chi connectivity index (χ2v) is 7.52. The molecule has 0 saturated carbocycles. The van der Waals surface area contributed by atoms with E-state index in [-0.39, 0.29) is 46.5 Å². The Hall–Kier alpha value is -1.74. The Kier molecular flexibility index (Phi) is 3.28. The van der Waals surface area contributed by atoms with Crippen LogP contribution < -0.4 is 5.73 Å². The lowest BCUT2D eigenvalue weighted by atomic mass is 9.83. The maximum absolute atomic E-state index is 12.9. The first kappa shape index (κ1) is 16.7. The van der Waals surface area contributed by atoms with Crippen molar-refractivity contribution in [2.75, 3.05) is 13.7 Å². The van der Waals surface area contributed by atoms with E-state index in [1.807, 2.05) is 25.8 Å². The number of rotatable bonds is 3. The summed E-state index contributed by atoms with van der Waals surface area (Å²) in [6.07, 6.45) is -0.694. The number of ketones is 2. The molecule has 0 aromatic carbocycles. The molecule has 1 unspecified atom stereocenters. The summed E-state index contributed by atoms with van der Waals surface area (Å²) in [5.74, 6) is -1.77. The van der Waals surface area contributed by atoms with Crippen molar-refractivity contribution >= 4 is 11.6 Å². The average Bonchev–Trinajstić information content (AvgIpc) is 3.04. The zero-order chi connectivity index (χ0) is 18.4. The number of nitrogens with zero attached hydrogens (tertiary/aromatic N) is 2. The number of aliphatic hydroxyl groups excluding tert-OH is 1. The Labute approximate surface area is 145 Å². The number of aliphatic hydroxyl groups is 2. The Morgan fingerprint density at radius 3 is 2.52 bits per heavy atom. The topological polar surface area (TPSA) is 116 Å². The fraction of sp³-hybridized carbons (Fsp3) is 0.647. The van der Waals surface area contributed by atoms with Crippen LogP contribution in [-0.2, 0) is 14.3 Å². The van der Waals surface area contributed by atoms with Crippen LogP contribution in [0.25, 0.3) is 0 Å². The smallest absolute Gasteiger partial charge is 0.207 e. The van der Waals surface area contributed by atoms with Crippen LogP contribution in [0.4, 0.5) is 0 Å². The van der Waals surface area contributed by atoms with Crippen LogP contribution in [0.1, 0.15) is 20.8 Å². The lowest BCUT2D eigenvalue weighted by Crippen LogP contribution is -2.56. The molecular weight excluding hydrogens is 326 g/mol. The van der Waals surface area contributed by atoms with Crippen molar-refractivity contribution in [2.24, 2.45) is 11.7 Å². The molecule has 0 aromatic heterocycles. The summed E-state index contributed by atoms with van der Waals surface area (Å²) in [6, 6.07) is -0.414. The third kappa shape index (κ3) is 1.75. The highest BCUT2D eigenvalue weighted by atomic mass is 16.5. The number of likely N-dealkylation sites (N-methyl/N-ethyl adjacent to an activating group) is 1. The van der Waals surface area contributed by atoms with Gasteiger partial charge >= 0.3 is 0 Å². The largest absolute Gasteiger partial charge is 0.396 e. The van der Waals surface area contributed by atoms with Crippen LogP contribution in [0, 0.1) is 5.92 Å². The molecule has 136 valence electrons. The minimum absolute atomic E-state index is 0.0954. The molecule has 8 nitrogen and oxygen atoms in total. The number of ether oxygens (including phenoxy) is 1. The van der Waals surface area contributed by atoms with Gasteiger partial charge in [0.2, 0.25) is 11.6 Å².